The predicted octanol–water partition coefficient (Wildman–Crippen LogP) is 2.96. The molecule has 6 heteroatoms. The smallest absolute Gasteiger partial charge is 0.193 e. The number of nitrogens with one attached hydrogen (secondary N) is 1. The van der Waals surface area contributed by atoms with Gasteiger partial charge >= 0.3 is 0 Å². The third-order valence-electron chi connectivity index (χ3n) is 3.19. The number of hydrogen-bond donors (Lipinski definition) is 1. The van der Waals surface area contributed by atoms with Crippen LogP contribution in [-0.4, -0.2) is 41.1 Å². The van der Waals surface area contributed by atoms with Crippen molar-refractivity contribution >= 4 is 29.9 Å². The monoisotopic (exact) mass is 407 g/mol. The maximum atomic E-state index is 4.42. The molecule has 0 amide bonds. The van der Waals surface area contributed by atoms with E-state index in [4.69, 9.17) is 0 Å². The van der Waals surface area contributed by atoms with Crippen LogP contribution in [-0.2, 0) is 13.1 Å². The molecule has 1 aromatic heterocycles. The fraction of sp³-hybridized carbons (Fsp3) is 0.733. The molecule has 0 saturated carbocycles. The zero-order valence-corrected chi connectivity index (χ0v) is 16.3. The highest BCUT2D eigenvalue weighted by Crippen LogP contribution is 2.03. The normalized spacial score (nSPS) is 11.4. The molecular weight excluding hydrogens is 377 g/mol. The van der Waals surface area contributed by atoms with Gasteiger partial charge in [0.1, 0.15) is 5.82 Å². The molecule has 0 radical (unpaired) electrons. The summed E-state index contributed by atoms with van der Waals surface area (Å²) in [5.74, 6) is 2.61. The largest absolute Gasteiger partial charge is 0.349 e. The third kappa shape index (κ3) is 7.15. The molecule has 0 aliphatic heterocycles. The summed E-state index contributed by atoms with van der Waals surface area (Å²) in [6.07, 6.45) is 6.28. The van der Waals surface area contributed by atoms with Gasteiger partial charge in [-0.1, -0.05) is 27.2 Å². The number of imidazole rings is 1. The highest BCUT2D eigenvalue weighted by atomic mass is 127. The van der Waals surface area contributed by atoms with Gasteiger partial charge in [-0.05, 0) is 12.3 Å². The number of guanidine groups is 1. The summed E-state index contributed by atoms with van der Waals surface area (Å²) in [5, 5.41) is 3.39. The first-order chi connectivity index (χ1) is 9.58. The van der Waals surface area contributed by atoms with Crippen LogP contribution in [0.5, 0.6) is 0 Å². The quantitative estimate of drug-likeness (QED) is 0.430. The second-order valence-corrected chi connectivity index (χ2v) is 5.57. The molecule has 0 bridgehead atoms. The van der Waals surface area contributed by atoms with Crippen molar-refractivity contribution in [1.29, 1.82) is 0 Å². The van der Waals surface area contributed by atoms with Gasteiger partial charge < -0.3 is 14.8 Å². The fourth-order valence-corrected chi connectivity index (χ4v) is 2.11. The van der Waals surface area contributed by atoms with Crippen molar-refractivity contribution in [1.82, 2.24) is 19.8 Å². The van der Waals surface area contributed by atoms with Crippen LogP contribution >= 0.6 is 24.0 Å². The summed E-state index contributed by atoms with van der Waals surface area (Å²) in [6, 6.07) is 0. The zero-order chi connectivity index (χ0) is 15.0. The standard InChI is InChI=1S/C15H29N5.HI/c1-6-7-9-19(5)15(16-4)18-11-14-17-8-10-20(14)12-13(2)3;/h8,10,13H,6-7,9,11-12H2,1-5H3,(H,16,18);1H. The number of aromatic nitrogens is 2. The van der Waals surface area contributed by atoms with Crippen molar-refractivity contribution in [2.45, 2.75) is 46.7 Å². The summed E-state index contributed by atoms with van der Waals surface area (Å²) < 4.78 is 2.21. The van der Waals surface area contributed by atoms with Gasteiger partial charge in [0.15, 0.2) is 5.96 Å². The molecule has 0 aliphatic rings. The minimum atomic E-state index is 0. The van der Waals surface area contributed by atoms with Crippen LogP contribution in [0.4, 0.5) is 0 Å². The summed E-state index contributed by atoms with van der Waals surface area (Å²) in [5.41, 5.74) is 0. The minimum Gasteiger partial charge on any atom is -0.349 e. The SMILES string of the molecule is CCCCN(C)C(=NC)NCc1nccn1CC(C)C.I. The lowest BCUT2D eigenvalue weighted by molar-refractivity contribution is 0.459. The number of nitrogens with zero attached hydrogens (tertiary/aromatic N) is 4. The minimum absolute atomic E-state index is 0. The van der Waals surface area contributed by atoms with Crippen molar-refractivity contribution in [2.24, 2.45) is 10.9 Å². The lowest BCUT2D eigenvalue weighted by Gasteiger charge is -2.22. The number of halogens is 1. The highest BCUT2D eigenvalue weighted by Gasteiger charge is 2.08. The molecule has 1 heterocycles. The van der Waals surface area contributed by atoms with Gasteiger partial charge in [-0.2, -0.15) is 0 Å². The van der Waals surface area contributed by atoms with E-state index in [1.165, 1.54) is 12.8 Å². The Hall–Kier alpha value is -0.790. The molecule has 1 rings (SSSR count). The number of hydrogen-bond acceptors (Lipinski definition) is 2. The first-order valence-corrected chi connectivity index (χ1v) is 7.50. The van der Waals surface area contributed by atoms with Crippen molar-refractivity contribution in [3.05, 3.63) is 18.2 Å². The average Bonchev–Trinajstić information content (AvgIpc) is 2.83. The van der Waals surface area contributed by atoms with Crippen molar-refractivity contribution < 1.29 is 0 Å². The van der Waals surface area contributed by atoms with E-state index in [9.17, 15) is 0 Å². The molecule has 0 aromatic carbocycles. The molecular formula is C15H30IN5. The fourth-order valence-electron chi connectivity index (χ4n) is 2.11. The molecule has 0 atom stereocenters. The van der Waals surface area contributed by atoms with E-state index in [0.29, 0.717) is 12.5 Å². The van der Waals surface area contributed by atoms with Crippen LogP contribution in [0.2, 0.25) is 0 Å². The van der Waals surface area contributed by atoms with Crippen molar-refractivity contribution in [3.8, 4) is 0 Å². The summed E-state index contributed by atoms with van der Waals surface area (Å²) in [4.78, 5) is 10.9. The number of rotatable bonds is 7. The van der Waals surface area contributed by atoms with E-state index in [1.54, 1.807) is 0 Å². The van der Waals surface area contributed by atoms with E-state index < -0.39 is 0 Å². The van der Waals surface area contributed by atoms with E-state index in [2.05, 4.69) is 52.6 Å². The van der Waals surface area contributed by atoms with Gasteiger partial charge in [-0.15, -0.1) is 24.0 Å². The highest BCUT2D eigenvalue weighted by molar-refractivity contribution is 14.0. The van der Waals surface area contributed by atoms with E-state index in [0.717, 1.165) is 24.9 Å². The third-order valence-corrected chi connectivity index (χ3v) is 3.19. The first-order valence-electron chi connectivity index (χ1n) is 7.50. The Bertz CT molecular complexity index is 414. The van der Waals surface area contributed by atoms with E-state index in [1.807, 2.05) is 19.4 Å². The molecule has 5 nitrogen and oxygen atoms in total. The van der Waals surface area contributed by atoms with Gasteiger partial charge in [0.2, 0.25) is 0 Å². The average molecular weight is 407 g/mol. The molecule has 1 aromatic rings. The molecule has 1 N–H and O–H groups in total. The summed E-state index contributed by atoms with van der Waals surface area (Å²) in [7, 11) is 3.90. The van der Waals surface area contributed by atoms with E-state index in [-0.39, 0.29) is 24.0 Å². The van der Waals surface area contributed by atoms with Gasteiger partial charge in [-0.25, -0.2) is 4.98 Å². The lowest BCUT2D eigenvalue weighted by Crippen LogP contribution is -2.39. The Morgan fingerprint density at radius 3 is 2.76 bits per heavy atom. The van der Waals surface area contributed by atoms with Crippen molar-refractivity contribution in [3.63, 3.8) is 0 Å². The van der Waals surface area contributed by atoms with Crippen molar-refractivity contribution in [2.75, 3.05) is 20.6 Å². The Labute approximate surface area is 146 Å². The van der Waals surface area contributed by atoms with Gasteiger partial charge in [0, 0.05) is 39.6 Å². The van der Waals surface area contributed by atoms with Crippen LogP contribution in [0, 0.1) is 5.92 Å². The maximum Gasteiger partial charge on any atom is 0.193 e. The molecule has 0 saturated heterocycles. The molecule has 122 valence electrons. The van der Waals surface area contributed by atoms with E-state index >= 15 is 0 Å². The van der Waals surface area contributed by atoms with Crippen LogP contribution < -0.4 is 5.32 Å². The molecule has 0 spiro atoms. The van der Waals surface area contributed by atoms with Crippen LogP contribution in [0.25, 0.3) is 0 Å². The van der Waals surface area contributed by atoms with Gasteiger partial charge in [0.05, 0.1) is 6.54 Å². The Kier molecular flexibility index (Phi) is 10.5. The molecule has 0 fully saturated rings. The van der Waals surface area contributed by atoms with Gasteiger partial charge in [-0.3, -0.25) is 4.99 Å². The number of unbranched alkanes of at least 4 members (excludes halogenated alkanes) is 1. The first kappa shape index (κ1) is 20.2. The van der Waals surface area contributed by atoms with Crippen LogP contribution in [0.15, 0.2) is 17.4 Å². The second kappa shape index (κ2) is 10.9. The molecule has 0 aliphatic carbocycles. The van der Waals surface area contributed by atoms with Gasteiger partial charge in [0.25, 0.3) is 0 Å². The Morgan fingerprint density at radius 1 is 1.48 bits per heavy atom. The summed E-state index contributed by atoms with van der Waals surface area (Å²) >= 11 is 0. The Balaban J connectivity index is 0.00000400. The molecule has 0 unspecified atom stereocenters. The predicted molar refractivity (Wildman–Crippen MR) is 100 cm³/mol. The van der Waals surface area contributed by atoms with Crippen LogP contribution in [0.3, 0.4) is 0 Å². The summed E-state index contributed by atoms with van der Waals surface area (Å²) in [6.45, 7) is 9.37. The zero-order valence-electron chi connectivity index (χ0n) is 14.0. The number of aliphatic imine (C=N–C) groups is 1. The Morgan fingerprint density at radius 2 is 2.19 bits per heavy atom. The second-order valence-electron chi connectivity index (χ2n) is 5.57. The molecule has 21 heavy (non-hydrogen) atoms. The maximum absolute atomic E-state index is 4.42. The topological polar surface area (TPSA) is 45.4 Å². The lowest BCUT2D eigenvalue weighted by atomic mass is 10.2. The van der Waals surface area contributed by atoms with Crippen LogP contribution in [0.1, 0.15) is 39.4 Å².